The summed E-state index contributed by atoms with van der Waals surface area (Å²) < 4.78 is 21.0. The second-order valence-electron chi connectivity index (χ2n) is 6.78. The number of rotatable bonds is 5. The van der Waals surface area contributed by atoms with Crippen molar-refractivity contribution in [1.29, 1.82) is 0 Å². The van der Waals surface area contributed by atoms with E-state index in [2.05, 4.69) is 15.4 Å². The van der Waals surface area contributed by atoms with Crippen molar-refractivity contribution in [3.8, 4) is 5.69 Å². The van der Waals surface area contributed by atoms with Crippen LogP contribution in [0.1, 0.15) is 50.4 Å². The van der Waals surface area contributed by atoms with Gasteiger partial charge in [-0.15, -0.1) is 0 Å². The van der Waals surface area contributed by atoms with Crippen LogP contribution in [0.25, 0.3) is 5.69 Å². The molecule has 2 aromatic heterocycles. The molecule has 1 aromatic carbocycles. The minimum atomic E-state index is -0.512. The monoisotopic (exact) mass is 398 g/mol. The average Bonchev–Trinajstić information content (AvgIpc) is 3.19. The van der Waals surface area contributed by atoms with Gasteiger partial charge in [-0.2, -0.15) is 5.10 Å². The molecule has 0 aliphatic carbocycles. The molecule has 29 heavy (non-hydrogen) atoms. The number of esters is 1. The first-order valence-corrected chi connectivity index (χ1v) is 9.21. The van der Waals surface area contributed by atoms with E-state index in [1.807, 2.05) is 26.8 Å². The Kier molecular flexibility index (Phi) is 5.54. The predicted molar refractivity (Wildman–Crippen MR) is 107 cm³/mol. The van der Waals surface area contributed by atoms with Crippen LogP contribution in [-0.4, -0.2) is 33.8 Å². The number of nitrogens with one attached hydrogen (secondary N) is 2. The van der Waals surface area contributed by atoms with Gasteiger partial charge in [0.05, 0.1) is 18.4 Å². The highest BCUT2D eigenvalue weighted by Gasteiger charge is 2.24. The molecule has 0 radical (unpaired) electrons. The Balaban J connectivity index is 1.88. The molecule has 0 aliphatic heterocycles. The number of carbonyl (C=O) groups is 2. The molecule has 0 unspecified atom stereocenters. The van der Waals surface area contributed by atoms with E-state index in [-0.39, 0.29) is 5.69 Å². The number of nitrogens with zero attached hydrogens (tertiary/aromatic N) is 2. The fourth-order valence-corrected chi connectivity index (χ4v) is 3.35. The van der Waals surface area contributed by atoms with Gasteiger partial charge in [0.2, 0.25) is 0 Å². The molecule has 7 nitrogen and oxygen atoms in total. The maximum absolute atomic E-state index is 14.7. The van der Waals surface area contributed by atoms with Crippen LogP contribution >= 0.6 is 0 Å². The third kappa shape index (κ3) is 3.78. The van der Waals surface area contributed by atoms with Gasteiger partial charge in [0.15, 0.2) is 5.82 Å². The predicted octanol–water partition coefficient (Wildman–Crippen LogP) is 3.87. The van der Waals surface area contributed by atoms with E-state index in [1.54, 1.807) is 19.1 Å². The second-order valence-corrected chi connectivity index (χ2v) is 6.78. The van der Waals surface area contributed by atoms with Crippen molar-refractivity contribution in [2.75, 3.05) is 12.4 Å². The Hall–Kier alpha value is -3.42. The Morgan fingerprint density at radius 1 is 1.24 bits per heavy atom. The Bertz CT molecular complexity index is 1100. The first-order valence-electron chi connectivity index (χ1n) is 9.21. The summed E-state index contributed by atoms with van der Waals surface area (Å²) >= 11 is 0. The summed E-state index contributed by atoms with van der Waals surface area (Å²) in [7, 11) is 1.29. The number of H-pyrrole nitrogens is 1. The van der Waals surface area contributed by atoms with Gasteiger partial charge in [-0.1, -0.05) is 6.92 Å². The zero-order valence-electron chi connectivity index (χ0n) is 17.0. The van der Waals surface area contributed by atoms with Gasteiger partial charge in [0, 0.05) is 17.1 Å². The summed E-state index contributed by atoms with van der Waals surface area (Å²) in [5, 5.41) is 6.95. The average molecular weight is 398 g/mol. The van der Waals surface area contributed by atoms with Crippen LogP contribution in [0.5, 0.6) is 0 Å². The largest absolute Gasteiger partial charge is 0.465 e. The molecule has 3 aromatic rings. The van der Waals surface area contributed by atoms with Crippen molar-refractivity contribution in [3.63, 3.8) is 0 Å². The molecular weight excluding hydrogens is 375 g/mol. The highest BCUT2D eigenvalue weighted by atomic mass is 19.1. The summed E-state index contributed by atoms with van der Waals surface area (Å²) in [6, 6.07) is 6.26. The van der Waals surface area contributed by atoms with Crippen molar-refractivity contribution >= 4 is 17.6 Å². The van der Waals surface area contributed by atoms with Crippen molar-refractivity contribution in [1.82, 2.24) is 14.8 Å². The molecule has 1 amide bonds. The van der Waals surface area contributed by atoms with E-state index in [0.29, 0.717) is 34.6 Å². The number of methoxy groups -OCH3 is 1. The fourth-order valence-electron chi connectivity index (χ4n) is 3.35. The molecule has 0 saturated carbocycles. The fraction of sp³-hybridized carbons (Fsp3) is 0.286. The molecule has 0 fully saturated rings. The number of hydrogen-bond acceptors (Lipinski definition) is 4. The van der Waals surface area contributed by atoms with Crippen molar-refractivity contribution in [2.45, 2.75) is 34.1 Å². The third-order valence-electron chi connectivity index (χ3n) is 4.74. The van der Waals surface area contributed by atoms with Crippen LogP contribution < -0.4 is 5.32 Å². The van der Waals surface area contributed by atoms with Crippen LogP contribution in [0.15, 0.2) is 24.3 Å². The van der Waals surface area contributed by atoms with Gasteiger partial charge in [-0.05, 0) is 57.0 Å². The zero-order chi connectivity index (χ0) is 21.3. The number of aromatic nitrogens is 3. The number of halogens is 1. The van der Waals surface area contributed by atoms with E-state index in [9.17, 15) is 14.0 Å². The molecule has 0 atom stereocenters. The Morgan fingerprint density at radius 2 is 1.97 bits per heavy atom. The van der Waals surface area contributed by atoms with Crippen LogP contribution in [-0.2, 0) is 11.2 Å². The number of aromatic amines is 1. The van der Waals surface area contributed by atoms with Gasteiger partial charge in [0.1, 0.15) is 11.4 Å². The lowest BCUT2D eigenvalue weighted by Crippen LogP contribution is -2.14. The lowest BCUT2D eigenvalue weighted by Gasteiger charge is -2.09. The van der Waals surface area contributed by atoms with E-state index < -0.39 is 17.7 Å². The molecule has 2 N–H and O–H groups in total. The van der Waals surface area contributed by atoms with E-state index in [1.165, 1.54) is 17.9 Å². The number of anilines is 1. The van der Waals surface area contributed by atoms with Crippen molar-refractivity contribution < 1.29 is 18.7 Å². The van der Waals surface area contributed by atoms with Gasteiger partial charge < -0.3 is 15.0 Å². The molecular formula is C21H23FN4O3. The first-order chi connectivity index (χ1) is 13.8. The smallest absolute Gasteiger partial charge is 0.339 e. The third-order valence-corrected chi connectivity index (χ3v) is 4.74. The van der Waals surface area contributed by atoms with E-state index in [0.717, 1.165) is 11.4 Å². The SMILES string of the molecule is CCc1[nH]c(C(=O)Nc2ccc(-n3nc(C)cc3C)c(F)c2)c(C)c1C(=O)OC. The topological polar surface area (TPSA) is 89.0 Å². The molecule has 3 rings (SSSR count). The van der Waals surface area contributed by atoms with Gasteiger partial charge in [0.25, 0.3) is 5.91 Å². The number of hydrogen-bond donors (Lipinski definition) is 2. The number of ether oxygens (including phenoxy) is 1. The molecule has 2 heterocycles. The summed E-state index contributed by atoms with van der Waals surface area (Å²) in [6.07, 6.45) is 0.532. The molecule has 0 spiro atoms. The lowest BCUT2D eigenvalue weighted by molar-refractivity contribution is 0.0599. The van der Waals surface area contributed by atoms with Crippen LogP contribution in [0.4, 0.5) is 10.1 Å². The van der Waals surface area contributed by atoms with E-state index in [4.69, 9.17) is 4.74 Å². The number of benzene rings is 1. The molecule has 152 valence electrons. The summed E-state index contributed by atoms with van der Waals surface area (Å²) in [5.41, 5.74) is 3.89. The van der Waals surface area contributed by atoms with Gasteiger partial charge >= 0.3 is 5.97 Å². The van der Waals surface area contributed by atoms with E-state index >= 15 is 0 Å². The second kappa shape index (κ2) is 7.90. The number of aryl methyl sites for hydroxylation is 3. The Morgan fingerprint density at radius 3 is 2.52 bits per heavy atom. The minimum Gasteiger partial charge on any atom is -0.465 e. The quantitative estimate of drug-likeness (QED) is 0.639. The lowest BCUT2D eigenvalue weighted by atomic mass is 10.1. The van der Waals surface area contributed by atoms with Crippen molar-refractivity contribution in [2.24, 2.45) is 0 Å². The number of carbonyl (C=O) groups excluding carboxylic acids is 2. The first kappa shape index (κ1) is 20.3. The normalized spacial score (nSPS) is 10.8. The standard InChI is InChI=1S/C21H23FN4O3/c1-6-16-18(21(28)29-5)13(4)19(24-16)20(27)23-14-7-8-17(15(22)10-14)26-12(3)9-11(2)25-26/h7-10,24H,6H2,1-5H3,(H,23,27). The van der Waals surface area contributed by atoms with Crippen molar-refractivity contribution in [3.05, 3.63) is 64.0 Å². The van der Waals surface area contributed by atoms with Crippen LogP contribution in [0.2, 0.25) is 0 Å². The molecule has 0 aliphatic rings. The molecule has 0 saturated heterocycles. The summed E-state index contributed by atoms with van der Waals surface area (Å²) in [5.74, 6) is -1.48. The van der Waals surface area contributed by atoms with Crippen LogP contribution in [0.3, 0.4) is 0 Å². The van der Waals surface area contributed by atoms with Crippen LogP contribution in [0, 0.1) is 26.6 Å². The maximum atomic E-state index is 14.7. The molecule has 8 heteroatoms. The highest BCUT2D eigenvalue weighted by Crippen LogP contribution is 2.23. The zero-order valence-corrected chi connectivity index (χ0v) is 17.0. The Labute approximate surface area is 167 Å². The minimum absolute atomic E-state index is 0.241. The highest BCUT2D eigenvalue weighted by molar-refractivity contribution is 6.06. The summed E-state index contributed by atoms with van der Waals surface area (Å²) in [4.78, 5) is 27.7. The maximum Gasteiger partial charge on any atom is 0.339 e. The molecule has 0 bridgehead atoms. The van der Waals surface area contributed by atoms with Gasteiger partial charge in [-0.25, -0.2) is 13.9 Å². The number of amides is 1. The summed E-state index contributed by atoms with van der Waals surface area (Å²) in [6.45, 7) is 7.21. The van der Waals surface area contributed by atoms with Gasteiger partial charge in [-0.3, -0.25) is 4.79 Å².